The molecule has 2 aliphatic rings. The van der Waals surface area contributed by atoms with Gasteiger partial charge in [0.1, 0.15) is 6.79 Å². The molecule has 0 aromatic heterocycles. The highest BCUT2D eigenvalue weighted by molar-refractivity contribution is 7.99. The fourth-order valence-electron chi connectivity index (χ4n) is 3.71. The highest BCUT2D eigenvalue weighted by atomic mass is 35.5. The number of fused-ring (bicyclic) bond motifs is 1. The summed E-state index contributed by atoms with van der Waals surface area (Å²) in [6, 6.07) is 5.48. The number of aliphatic hydroxyl groups is 1. The number of halogens is 2. The van der Waals surface area contributed by atoms with E-state index in [1.54, 1.807) is 17.8 Å². The number of thioether (sulfide) groups is 1. The van der Waals surface area contributed by atoms with Crippen LogP contribution in [0, 0.1) is 29.6 Å². The van der Waals surface area contributed by atoms with Crippen molar-refractivity contribution in [2.45, 2.75) is 11.3 Å². The molecule has 0 amide bonds. The first-order chi connectivity index (χ1) is 11.0. The number of hydrogen-bond acceptors (Lipinski definition) is 4. The zero-order chi connectivity index (χ0) is 17.1. The Morgan fingerprint density at radius 2 is 2.00 bits per heavy atom. The third kappa shape index (κ3) is 3.85. The minimum Gasteiger partial charge on any atom is -0.481 e. The SMILES string of the molecule is C=O.O=C(O)C1C(CSc2ccc(Cl)c(Cl)c2)CC2C(CO)C21. The van der Waals surface area contributed by atoms with Crippen molar-refractivity contribution in [3.8, 4) is 0 Å². The Hall–Kier alpha value is -0.750. The fourth-order valence-corrected chi connectivity index (χ4v) is 5.19. The van der Waals surface area contributed by atoms with Gasteiger partial charge in [0.25, 0.3) is 0 Å². The highest BCUT2D eigenvalue weighted by Gasteiger charge is 2.63. The molecule has 0 radical (unpaired) electrons. The van der Waals surface area contributed by atoms with Crippen LogP contribution in [-0.4, -0.2) is 35.3 Å². The lowest BCUT2D eigenvalue weighted by atomic mass is 9.90. The van der Waals surface area contributed by atoms with E-state index in [1.807, 2.05) is 18.9 Å². The average Bonchev–Trinajstić information content (AvgIpc) is 3.08. The number of aliphatic hydroxyl groups excluding tert-OH is 1. The molecule has 2 saturated carbocycles. The fraction of sp³-hybridized carbons (Fsp3) is 0.500. The maximum absolute atomic E-state index is 11.5. The maximum Gasteiger partial charge on any atom is 0.307 e. The van der Waals surface area contributed by atoms with E-state index in [9.17, 15) is 15.0 Å². The Morgan fingerprint density at radius 3 is 2.57 bits per heavy atom. The maximum atomic E-state index is 11.5. The van der Waals surface area contributed by atoms with Crippen LogP contribution in [0.1, 0.15) is 6.42 Å². The zero-order valence-corrected chi connectivity index (χ0v) is 14.7. The molecule has 3 rings (SSSR count). The van der Waals surface area contributed by atoms with Gasteiger partial charge in [-0.2, -0.15) is 0 Å². The van der Waals surface area contributed by atoms with Gasteiger partial charge in [-0.25, -0.2) is 0 Å². The molecule has 1 aromatic carbocycles. The van der Waals surface area contributed by atoms with Crippen molar-refractivity contribution in [2.24, 2.45) is 29.6 Å². The smallest absolute Gasteiger partial charge is 0.307 e. The van der Waals surface area contributed by atoms with E-state index >= 15 is 0 Å². The normalized spacial score (nSPS) is 31.0. The molecule has 0 saturated heterocycles. The number of hydrogen-bond donors (Lipinski definition) is 2. The van der Waals surface area contributed by atoms with Crippen LogP contribution in [0.15, 0.2) is 23.1 Å². The van der Waals surface area contributed by atoms with E-state index in [0.717, 1.165) is 17.1 Å². The number of carbonyl (C=O) groups excluding carboxylic acids is 1. The minimum absolute atomic E-state index is 0.117. The minimum atomic E-state index is -0.724. The van der Waals surface area contributed by atoms with E-state index in [1.165, 1.54) is 0 Å². The summed E-state index contributed by atoms with van der Waals surface area (Å²) in [5.41, 5.74) is 0. The van der Waals surface area contributed by atoms with Crippen LogP contribution in [0.3, 0.4) is 0 Å². The molecule has 0 heterocycles. The van der Waals surface area contributed by atoms with Gasteiger partial charge in [0.15, 0.2) is 0 Å². The molecule has 7 heteroatoms. The Balaban J connectivity index is 0.000000924. The second-order valence-electron chi connectivity index (χ2n) is 5.83. The summed E-state index contributed by atoms with van der Waals surface area (Å²) in [6.07, 6.45) is 0.904. The van der Waals surface area contributed by atoms with Gasteiger partial charge in [-0.15, -0.1) is 11.8 Å². The second-order valence-corrected chi connectivity index (χ2v) is 7.74. The van der Waals surface area contributed by atoms with E-state index in [2.05, 4.69) is 0 Å². The second kappa shape index (κ2) is 7.88. The lowest BCUT2D eigenvalue weighted by Gasteiger charge is -2.20. The first kappa shape index (κ1) is 18.6. The lowest BCUT2D eigenvalue weighted by Crippen LogP contribution is -2.25. The molecule has 2 fully saturated rings. The van der Waals surface area contributed by atoms with Crippen molar-refractivity contribution in [1.82, 2.24) is 0 Å². The summed E-state index contributed by atoms with van der Waals surface area (Å²) in [5, 5.41) is 19.7. The third-order valence-corrected chi connectivity index (χ3v) is 6.67. The van der Waals surface area contributed by atoms with Crippen LogP contribution in [-0.2, 0) is 9.59 Å². The van der Waals surface area contributed by atoms with E-state index in [-0.39, 0.29) is 30.3 Å². The quantitative estimate of drug-likeness (QED) is 0.769. The molecule has 1 aromatic rings. The van der Waals surface area contributed by atoms with Crippen molar-refractivity contribution in [3.05, 3.63) is 28.2 Å². The van der Waals surface area contributed by atoms with Gasteiger partial charge in [0.05, 0.1) is 16.0 Å². The predicted molar refractivity (Wildman–Crippen MR) is 91.1 cm³/mol. The summed E-state index contributed by atoms with van der Waals surface area (Å²) >= 11 is 13.5. The number of benzene rings is 1. The summed E-state index contributed by atoms with van der Waals surface area (Å²) in [5.74, 6) is 0.667. The number of rotatable bonds is 5. The predicted octanol–water partition coefficient (Wildman–Crippen LogP) is 3.48. The largest absolute Gasteiger partial charge is 0.481 e. The molecule has 23 heavy (non-hydrogen) atoms. The Kier molecular flexibility index (Phi) is 6.37. The summed E-state index contributed by atoms with van der Waals surface area (Å²) in [6.45, 7) is 2.12. The Bertz CT molecular complexity index is 583. The van der Waals surface area contributed by atoms with Gasteiger partial charge < -0.3 is 15.0 Å². The lowest BCUT2D eigenvalue weighted by molar-refractivity contribution is -0.143. The van der Waals surface area contributed by atoms with Crippen LogP contribution in [0.2, 0.25) is 10.0 Å². The monoisotopic (exact) mass is 376 g/mol. The number of carbonyl (C=O) groups is 2. The number of aliphatic carboxylic acids is 1. The van der Waals surface area contributed by atoms with Gasteiger partial charge in [0, 0.05) is 17.3 Å². The molecule has 0 aliphatic heterocycles. The summed E-state index contributed by atoms with van der Waals surface area (Å²) < 4.78 is 0. The molecule has 5 atom stereocenters. The molecule has 2 N–H and O–H groups in total. The Morgan fingerprint density at radius 1 is 1.30 bits per heavy atom. The summed E-state index contributed by atoms with van der Waals surface area (Å²) in [7, 11) is 0. The molecule has 2 aliphatic carbocycles. The average molecular weight is 377 g/mol. The van der Waals surface area contributed by atoms with Crippen molar-refractivity contribution in [1.29, 1.82) is 0 Å². The van der Waals surface area contributed by atoms with Crippen LogP contribution in [0.25, 0.3) is 0 Å². The topological polar surface area (TPSA) is 74.6 Å². The first-order valence-electron chi connectivity index (χ1n) is 7.23. The van der Waals surface area contributed by atoms with Crippen LogP contribution >= 0.6 is 35.0 Å². The van der Waals surface area contributed by atoms with E-state index < -0.39 is 5.97 Å². The first-order valence-corrected chi connectivity index (χ1v) is 8.97. The summed E-state index contributed by atoms with van der Waals surface area (Å²) in [4.78, 5) is 20.5. The van der Waals surface area contributed by atoms with Gasteiger partial charge in [-0.1, -0.05) is 23.2 Å². The number of carboxylic acid groups (broad SMARTS) is 1. The van der Waals surface area contributed by atoms with Crippen LogP contribution in [0.5, 0.6) is 0 Å². The molecule has 5 unspecified atom stereocenters. The molecule has 0 bridgehead atoms. The molecule has 126 valence electrons. The highest BCUT2D eigenvalue weighted by Crippen LogP contribution is 2.63. The molecule has 0 spiro atoms. The van der Waals surface area contributed by atoms with E-state index in [4.69, 9.17) is 28.0 Å². The van der Waals surface area contributed by atoms with Gasteiger partial charge >= 0.3 is 5.97 Å². The van der Waals surface area contributed by atoms with Gasteiger partial charge in [0.2, 0.25) is 0 Å². The van der Waals surface area contributed by atoms with Gasteiger partial charge in [-0.05, 0) is 48.3 Å². The van der Waals surface area contributed by atoms with Crippen LogP contribution in [0.4, 0.5) is 0 Å². The van der Waals surface area contributed by atoms with E-state index in [0.29, 0.717) is 16.0 Å². The van der Waals surface area contributed by atoms with Crippen molar-refractivity contribution >= 4 is 47.7 Å². The number of carboxylic acids is 1. The molecular formula is C16H18Cl2O4S. The van der Waals surface area contributed by atoms with Crippen molar-refractivity contribution in [2.75, 3.05) is 12.4 Å². The van der Waals surface area contributed by atoms with Crippen molar-refractivity contribution in [3.63, 3.8) is 0 Å². The third-order valence-electron chi connectivity index (χ3n) is 4.75. The zero-order valence-electron chi connectivity index (χ0n) is 12.3. The molecule has 4 nitrogen and oxygen atoms in total. The Labute approximate surface area is 149 Å². The van der Waals surface area contributed by atoms with Crippen molar-refractivity contribution < 1.29 is 19.8 Å². The molecular weight excluding hydrogens is 359 g/mol. The van der Waals surface area contributed by atoms with Gasteiger partial charge in [-0.3, -0.25) is 4.79 Å². The standard InChI is InChI=1S/C15H16Cl2O3S.CH2O/c16-11-2-1-8(4-12(11)17)21-6-7-3-9-10(5-18)14(9)13(7)15(19)20;1-2/h1-2,4,7,9-10,13-14,18H,3,5-6H2,(H,19,20);1H2. The van der Waals surface area contributed by atoms with Crippen LogP contribution < -0.4 is 0 Å².